The minimum Gasteiger partial charge on any atom is -0.393 e. The van der Waals surface area contributed by atoms with Crippen molar-refractivity contribution in [3.8, 4) is 0 Å². The summed E-state index contributed by atoms with van der Waals surface area (Å²) < 4.78 is 30.8. The van der Waals surface area contributed by atoms with Crippen LogP contribution in [0, 0.1) is 0 Å². The van der Waals surface area contributed by atoms with E-state index >= 15 is 0 Å². The van der Waals surface area contributed by atoms with E-state index < -0.39 is 15.4 Å². The minimum absolute atomic E-state index is 0.107. The lowest BCUT2D eigenvalue weighted by atomic mass is 10.0. The summed E-state index contributed by atoms with van der Waals surface area (Å²) >= 11 is 0. The second kappa shape index (κ2) is 19.8. The summed E-state index contributed by atoms with van der Waals surface area (Å²) in [5, 5.41) is 9.46. The van der Waals surface area contributed by atoms with E-state index in [1.165, 1.54) is 83.5 Å². The molecule has 5 heteroatoms. The maximum Gasteiger partial charge on any atom is 0.267 e. The first-order valence-corrected chi connectivity index (χ1v) is 14.0. The lowest BCUT2D eigenvalue weighted by Gasteiger charge is -2.10. The van der Waals surface area contributed by atoms with Crippen LogP contribution in [0.4, 0.5) is 0 Å². The molecule has 176 valence electrons. The normalized spacial score (nSPS) is 14.2. The zero-order valence-corrected chi connectivity index (χ0v) is 20.2. The van der Waals surface area contributed by atoms with E-state index in [-0.39, 0.29) is 6.10 Å². The molecule has 0 heterocycles. The summed E-state index contributed by atoms with van der Waals surface area (Å²) in [6.45, 7) is 3.83. The fourth-order valence-corrected chi connectivity index (χ4v) is 4.32. The molecular weight excluding hydrogens is 384 g/mol. The molecule has 0 aliphatic rings. The van der Waals surface area contributed by atoms with E-state index in [1.807, 2.05) is 0 Å². The van der Waals surface area contributed by atoms with Gasteiger partial charge >= 0.3 is 0 Å². The van der Waals surface area contributed by atoms with Crippen LogP contribution >= 0.6 is 0 Å². The van der Waals surface area contributed by atoms with Gasteiger partial charge in [-0.25, -0.2) is 0 Å². The molecule has 4 nitrogen and oxygen atoms in total. The Bertz CT molecular complexity index is 436. The summed E-state index contributed by atoms with van der Waals surface area (Å²) in [7, 11) is -3.85. The minimum atomic E-state index is -3.85. The maximum absolute atomic E-state index is 10.9. The Balaban J connectivity index is 3.26. The van der Waals surface area contributed by atoms with E-state index in [2.05, 4.69) is 6.92 Å². The van der Waals surface area contributed by atoms with Gasteiger partial charge in [-0.15, -0.1) is 0 Å². The van der Waals surface area contributed by atoms with Crippen molar-refractivity contribution < 1.29 is 18.1 Å². The SMILES string of the molecule is CCCCCCCCCCCC(O)CCCCCCCCCCC(C)S(=O)(=O)O. The van der Waals surface area contributed by atoms with Crippen molar-refractivity contribution in [2.24, 2.45) is 0 Å². The van der Waals surface area contributed by atoms with E-state index in [0.717, 1.165) is 38.5 Å². The molecule has 29 heavy (non-hydrogen) atoms. The highest BCUT2D eigenvalue weighted by Crippen LogP contribution is 2.16. The molecule has 2 N–H and O–H groups in total. The van der Waals surface area contributed by atoms with Crippen LogP contribution in [-0.4, -0.2) is 29.4 Å². The molecule has 0 fully saturated rings. The van der Waals surface area contributed by atoms with Gasteiger partial charge in [0, 0.05) is 0 Å². The first-order chi connectivity index (χ1) is 13.9. The predicted octanol–water partition coefficient (Wildman–Crippen LogP) is 7.45. The molecule has 0 spiro atoms. The molecule has 0 radical (unpaired) electrons. The highest BCUT2D eigenvalue weighted by molar-refractivity contribution is 7.86. The van der Waals surface area contributed by atoms with Gasteiger partial charge in [0.2, 0.25) is 0 Å². The third kappa shape index (κ3) is 20.9. The van der Waals surface area contributed by atoms with E-state index in [0.29, 0.717) is 6.42 Å². The van der Waals surface area contributed by atoms with Gasteiger partial charge in [0.25, 0.3) is 10.1 Å². The largest absolute Gasteiger partial charge is 0.393 e. The quantitative estimate of drug-likeness (QED) is 0.137. The molecule has 2 atom stereocenters. The van der Waals surface area contributed by atoms with Gasteiger partial charge in [-0.3, -0.25) is 4.55 Å². The molecule has 0 aromatic carbocycles. The van der Waals surface area contributed by atoms with Gasteiger partial charge in [-0.05, 0) is 26.2 Å². The topological polar surface area (TPSA) is 74.6 Å². The lowest BCUT2D eigenvalue weighted by Crippen LogP contribution is -2.16. The highest BCUT2D eigenvalue weighted by Gasteiger charge is 2.15. The standard InChI is InChI=1S/C24H50O4S/c1-3-4-5-6-7-8-12-15-18-21-24(25)22-19-16-13-10-9-11-14-17-20-23(2)29(26,27)28/h23-25H,3-22H2,1-2H3,(H,26,27,28). The summed E-state index contributed by atoms with van der Waals surface area (Å²) in [4.78, 5) is 0. The zero-order chi connectivity index (χ0) is 21.8. The summed E-state index contributed by atoms with van der Waals surface area (Å²) in [5.74, 6) is 0. The number of unbranched alkanes of at least 4 members (excludes halogenated alkanes) is 15. The monoisotopic (exact) mass is 434 g/mol. The van der Waals surface area contributed by atoms with Crippen molar-refractivity contribution in [2.75, 3.05) is 0 Å². The fourth-order valence-electron chi connectivity index (χ4n) is 3.86. The van der Waals surface area contributed by atoms with E-state index in [1.54, 1.807) is 6.92 Å². The van der Waals surface area contributed by atoms with Gasteiger partial charge in [0.1, 0.15) is 0 Å². The van der Waals surface area contributed by atoms with Crippen molar-refractivity contribution in [1.82, 2.24) is 0 Å². The second-order valence-corrected chi connectivity index (χ2v) is 10.8. The van der Waals surface area contributed by atoms with Crippen LogP contribution in [-0.2, 0) is 10.1 Å². The predicted molar refractivity (Wildman–Crippen MR) is 125 cm³/mol. The van der Waals surface area contributed by atoms with Crippen LogP contribution in [0.15, 0.2) is 0 Å². The lowest BCUT2D eigenvalue weighted by molar-refractivity contribution is 0.147. The molecule has 0 bridgehead atoms. The Labute approximate surface area is 182 Å². The van der Waals surface area contributed by atoms with Gasteiger partial charge in [0.15, 0.2) is 0 Å². The van der Waals surface area contributed by atoms with Crippen molar-refractivity contribution in [2.45, 2.75) is 154 Å². The van der Waals surface area contributed by atoms with Gasteiger partial charge in [-0.1, -0.05) is 116 Å². The first kappa shape index (κ1) is 28.9. The Morgan fingerprint density at radius 3 is 1.24 bits per heavy atom. The Kier molecular flexibility index (Phi) is 19.7. The molecule has 0 amide bonds. The van der Waals surface area contributed by atoms with Crippen molar-refractivity contribution in [3.63, 3.8) is 0 Å². The molecule has 0 aliphatic carbocycles. The number of hydrogen-bond acceptors (Lipinski definition) is 3. The van der Waals surface area contributed by atoms with Crippen LogP contribution in [0.25, 0.3) is 0 Å². The Morgan fingerprint density at radius 1 is 0.586 bits per heavy atom. The third-order valence-electron chi connectivity index (χ3n) is 6.05. The van der Waals surface area contributed by atoms with E-state index in [4.69, 9.17) is 4.55 Å². The summed E-state index contributed by atoms with van der Waals surface area (Å²) in [5.41, 5.74) is 0. The molecule has 0 saturated carbocycles. The Hall–Kier alpha value is -0.130. The van der Waals surface area contributed by atoms with Gasteiger partial charge in [-0.2, -0.15) is 8.42 Å². The smallest absolute Gasteiger partial charge is 0.267 e. The van der Waals surface area contributed by atoms with Crippen molar-refractivity contribution >= 4 is 10.1 Å². The van der Waals surface area contributed by atoms with Crippen LogP contribution in [0.3, 0.4) is 0 Å². The Morgan fingerprint density at radius 2 is 0.897 bits per heavy atom. The van der Waals surface area contributed by atoms with Crippen molar-refractivity contribution in [3.05, 3.63) is 0 Å². The summed E-state index contributed by atoms with van der Waals surface area (Å²) in [6.07, 6.45) is 23.4. The third-order valence-corrected chi connectivity index (χ3v) is 7.30. The molecule has 0 aliphatic heterocycles. The maximum atomic E-state index is 10.9. The number of aliphatic hydroxyl groups excluding tert-OH is 1. The molecule has 0 saturated heterocycles. The second-order valence-electron chi connectivity index (χ2n) is 9.00. The van der Waals surface area contributed by atoms with Crippen LogP contribution < -0.4 is 0 Å². The average Bonchev–Trinajstić information content (AvgIpc) is 2.67. The molecule has 0 rings (SSSR count). The molecule has 0 aromatic rings. The fraction of sp³-hybridized carbons (Fsp3) is 1.00. The summed E-state index contributed by atoms with van der Waals surface area (Å²) in [6, 6.07) is 0. The first-order valence-electron chi connectivity index (χ1n) is 12.5. The number of hydrogen-bond donors (Lipinski definition) is 2. The highest BCUT2D eigenvalue weighted by atomic mass is 32.2. The molecule has 2 unspecified atom stereocenters. The molecule has 0 aromatic heterocycles. The average molecular weight is 435 g/mol. The van der Waals surface area contributed by atoms with Gasteiger partial charge < -0.3 is 5.11 Å². The van der Waals surface area contributed by atoms with Gasteiger partial charge in [0.05, 0.1) is 11.4 Å². The number of aliphatic hydroxyl groups is 1. The van der Waals surface area contributed by atoms with Crippen LogP contribution in [0.5, 0.6) is 0 Å². The van der Waals surface area contributed by atoms with Crippen molar-refractivity contribution in [1.29, 1.82) is 0 Å². The molecular formula is C24H50O4S. The zero-order valence-electron chi connectivity index (χ0n) is 19.4. The number of rotatable bonds is 22. The van der Waals surface area contributed by atoms with Crippen LogP contribution in [0.1, 0.15) is 142 Å². The van der Waals surface area contributed by atoms with E-state index in [9.17, 15) is 13.5 Å². The van der Waals surface area contributed by atoms with Crippen LogP contribution in [0.2, 0.25) is 0 Å².